The van der Waals surface area contributed by atoms with Crippen molar-refractivity contribution in [2.24, 2.45) is 0 Å². The van der Waals surface area contributed by atoms with Gasteiger partial charge in [0.1, 0.15) is 0 Å². The number of methoxy groups -OCH3 is 1. The van der Waals surface area contributed by atoms with Gasteiger partial charge in [0.15, 0.2) is 5.78 Å². The van der Waals surface area contributed by atoms with E-state index < -0.39 is 5.97 Å². The fraction of sp³-hybridized carbons (Fsp3) is 0.333. The van der Waals surface area contributed by atoms with Gasteiger partial charge in [0.25, 0.3) is 0 Å². The minimum absolute atomic E-state index is 0.0158. The molecule has 1 aromatic carbocycles. The number of carbonyl (C=O) groups excluding carboxylic acids is 2. The summed E-state index contributed by atoms with van der Waals surface area (Å²) in [6.45, 7) is 0. The maximum Gasteiger partial charge on any atom is 0.338 e. The van der Waals surface area contributed by atoms with E-state index >= 15 is 0 Å². The normalized spacial score (nSPS) is 10.1. The van der Waals surface area contributed by atoms with Crippen LogP contribution in [0, 0.1) is 0 Å². The Kier molecular flexibility index (Phi) is 5.85. The first kappa shape index (κ1) is 14.4. The third-order valence-corrected chi connectivity index (χ3v) is 3.29. The monoisotopic (exact) mass is 362 g/mol. The van der Waals surface area contributed by atoms with Gasteiger partial charge in [-0.3, -0.25) is 4.79 Å². The molecule has 17 heavy (non-hydrogen) atoms. The summed E-state index contributed by atoms with van der Waals surface area (Å²) in [6.07, 6.45) is 0.407. The van der Waals surface area contributed by atoms with Crippen LogP contribution in [0.3, 0.4) is 0 Å². The van der Waals surface area contributed by atoms with Crippen LogP contribution >= 0.6 is 31.9 Å². The lowest BCUT2D eigenvalue weighted by Crippen LogP contribution is -2.10. The third kappa shape index (κ3) is 3.39. The Balaban J connectivity index is 3.23. The number of Topliss-reactive ketones (excluding diaryl/α,β-unsaturated/α-hetero) is 1. The molecule has 0 aliphatic rings. The fourth-order valence-electron chi connectivity index (χ4n) is 1.51. The number of ketones is 1. The number of rotatable bonds is 5. The molecule has 0 bridgehead atoms. The van der Waals surface area contributed by atoms with E-state index in [9.17, 15) is 9.59 Å². The molecule has 5 heteroatoms. The van der Waals surface area contributed by atoms with E-state index in [2.05, 4.69) is 31.9 Å². The van der Waals surface area contributed by atoms with Crippen molar-refractivity contribution >= 4 is 43.6 Å². The van der Waals surface area contributed by atoms with Gasteiger partial charge in [0.2, 0.25) is 0 Å². The quantitative estimate of drug-likeness (QED) is 0.457. The molecule has 1 rings (SSSR count). The summed E-state index contributed by atoms with van der Waals surface area (Å²) in [5.41, 5.74) is 1.69. The maximum atomic E-state index is 11.9. The predicted octanol–water partition coefficient (Wildman–Crippen LogP) is 3.34. The van der Waals surface area contributed by atoms with E-state index in [1.807, 2.05) is 0 Å². The van der Waals surface area contributed by atoms with Crippen LogP contribution in [0.25, 0.3) is 0 Å². The van der Waals surface area contributed by atoms with Crippen molar-refractivity contribution in [1.29, 1.82) is 0 Å². The van der Waals surface area contributed by atoms with Gasteiger partial charge in [-0.05, 0) is 11.6 Å². The summed E-state index contributed by atoms with van der Waals surface area (Å²) in [6, 6.07) is 5.08. The molecule has 3 nitrogen and oxygen atoms in total. The number of esters is 1. The van der Waals surface area contributed by atoms with E-state index in [1.54, 1.807) is 18.2 Å². The average Bonchev–Trinajstić information content (AvgIpc) is 2.37. The highest BCUT2D eigenvalue weighted by Gasteiger charge is 2.17. The largest absolute Gasteiger partial charge is 0.465 e. The average molecular weight is 364 g/mol. The van der Waals surface area contributed by atoms with Crippen molar-refractivity contribution in [3.05, 3.63) is 34.9 Å². The zero-order chi connectivity index (χ0) is 12.8. The standard InChI is InChI=1S/C12H12Br2O3/c1-17-12(16)9-4-2-3-8(10(9)7-14)11(15)5-6-13/h2-4H,5-7H2,1H3. The molecule has 0 spiro atoms. The Hall–Kier alpha value is -0.680. The second kappa shape index (κ2) is 6.91. The number of hydrogen-bond donors (Lipinski definition) is 0. The molecule has 0 radical (unpaired) electrons. The fourth-order valence-corrected chi connectivity index (χ4v) is 2.48. The summed E-state index contributed by atoms with van der Waals surface area (Å²) >= 11 is 6.54. The molecule has 0 aliphatic heterocycles. The zero-order valence-electron chi connectivity index (χ0n) is 9.33. The van der Waals surface area contributed by atoms with Crippen LogP contribution in [-0.2, 0) is 10.1 Å². The van der Waals surface area contributed by atoms with E-state index in [1.165, 1.54) is 7.11 Å². The van der Waals surface area contributed by atoms with Crippen LogP contribution in [-0.4, -0.2) is 24.2 Å². The molecule has 0 atom stereocenters. The van der Waals surface area contributed by atoms with Crippen molar-refractivity contribution in [2.45, 2.75) is 11.8 Å². The molecule has 0 fully saturated rings. The highest BCUT2D eigenvalue weighted by molar-refractivity contribution is 9.09. The van der Waals surface area contributed by atoms with Gasteiger partial charge in [0, 0.05) is 22.6 Å². The second-order valence-corrected chi connectivity index (χ2v) is 4.67. The summed E-state index contributed by atoms with van der Waals surface area (Å²) in [5, 5.41) is 1.05. The van der Waals surface area contributed by atoms with E-state index in [0.29, 0.717) is 33.8 Å². The molecule has 1 aromatic rings. The molecular formula is C12H12Br2O3. The zero-order valence-corrected chi connectivity index (χ0v) is 12.5. The minimum Gasteiger partial charge on any atom is -0.465 e. The van der Waals surface area contributed by atoms with Gasteiger partial charge >= 0.3 is 5.97 Å². The van der Waals surface area contributed by atoms with Crippen LogP contribution in [0.4, 0.5) is 0 Å². The molecule has 0 aliphatic carbocycles. The molecule has 0 saturated heterocycles. The lowest BCUT2D eigenvalue weighted by Gasteiger charge is -2.10. The number of hydrogen-bond acceptors (Lipinski definition) is 3. The first-order valence-corrected chi connectivity index (χ1v) is 7.25. The summed E-state index contributed by atoms with van der Waals surface area (Å²) in [4.78, 5) is 23.4. The van der Waals surface area contributed by atoms with Crippen LogP contribution in [0.5, 0.6) is 0 Å². The number of alkyl halides is 2. The first-order valence-electron chi connectivity index (χ1n) is 5.01. The van der Waals surface area contributed by atoms with Crippen molar-refractivity contribution in [1.82, 2.24) is 0 Å². The maximum absolute atomic E-state index is 11.9. The van der Waals surface area contributed by atoms with Gasteiger partial charge in [-0.2, -0.15) is 0 Å². The lowest BCUT2D eigenvalue weighted by atomic mass is 9.98. The molecule has 0 aromatic heterocycles. The molecule has 0 unspecified atom stereocenters. The van der Waals surface area contributed by atoms with E-state index in [0.717, 1.165) is 0 Å². The molecule has 0 heterocycles. The van der Waals surface area contributed by atoms with Crippen LogP contribution < -0.4 is 0 Å². The van der Waals surface area contributed by atoms with Gasteiger partial charge < -0.3 is 4.74 Å². The van der Waals surface area contributed by atoms with Crippen LogP contribution in [0.2, 0.25) is 0 Å². The highest BCUT2D eigenvalue weighted by atomic mass is 79.9. The Morgan fingerprint density at radius 3 is 2.41 bits per heavy atom. The Morgan fingerprint density at radius 2 is 1.88 bits per heavy atom. The van der Waals surface area contributed by atoms with Crippen molar-refractivity contribution in [3.63, 3.8) is 0 Å². The highest BCUT2D eigenvalue weighted by Crippen LogP contribution is 2.20. The Labute approximate surface area is 117 Å². The molecule has 0 amide bonds. The minimum atomic E-state index is -0.423. The van der Waals surface area contributed by atoms with Gasteiger partial charge in [0.05, 0.1) is 12.7 Å². The van der Waals surface area contributed by atoms with Crippen LogP contribution in [0.1, 0.15) is 32.7 Å². The SMILES string of the molecule is COC(=O)c1cccc(C(=O)CCBr)c1CBr. The second-order valence-electron chi connectivity index (χ2n) is 3.32. The van der Waals surface area contributed by atoms with Gasteiger partial charge in [-0.15, -0.1) is 0 Å². The topological polar surface area (TPSA) is 43.4 Å². The number of benzene rings is 1. The first-order chi connectivity index (χ1) is 8.15. The Morgan fingerprint density at radius 1 is 1.24 bits per heavy atom. The third-order valence-electron chi connectivity index (χ3n) is 2.34. The number of carbonyl (C=O) groups is 2. The number of halogens is 2. The molecule has 92 valence electrons. The number of ether oxygens (including phenoxy) is 1. The summed E-state index contributed by atoms with van der Waals surface area (Å²) < 4.78 is 4.69. The van der Waals surface area contributed by atoms with Gasteiger partial charge in [-0.25, -0.2) is 4.79 Å². The van der Waals surface area contributed by atoms with E-state index in [-0.39, 0.29) is 5.78 Å². The van der Waals surface area contributed by atoms with E-state index in [4.69, 9.17) is 4.74 Å². The summed E-state index contributed by atoms with van der Waals surface area (Å²) in [5.74, 6) is -0.407. The lowest BCUT2D eigenvalue weighted by molar-refractivity contribution is 0.0600. The van der Waals surface area contributed by atoms with Crippen molar-refractivity contribution < 1.29 is 14.3 Å². The molecule has 0 N–H and O–H groups in total. The molecule has 0 saturated carbocycles. The van der Waals surface area contributed by atoms with Gasteiger partial charge in [-0.1, -0.05) is 44.0 Å². The van der Waals surface area contributed by atoms with Crippen molar-refractivity contribution in [3.8, 4) is 0 Å². The predicted molar refractivity (Wildman–Crippen MR) is 73.2 cm³/mol. The summed E-state index contributed by atoms with van der Waals surface area (Å²) in [7, 11) is 1.33. The van der Waals surface area contributed by atoms with Crippen molar-refractivity contribution in [2.75, 3.05) is 12.4 Å². The Bertz CT molecular complexity index is 430. The smallest absolute Gasteiger partial charge is 0.338 e. The molecular weight excluding hydrogens is 352 g/mol. The van der Waals surface area contributed by atoms with Crippen LogP contribution in [0.15, 0.2) is 18.2 Å².